The van der Waals surface area contributed by atoms with Crippen LogP contribution in [0.25, 0.3) is 0 Å². The van der Waals surface area contributed by atoms with Crippen LogP contribution in [0.2, 0.25) is 6.32 Å². The molecule has 4 saturated heterocycles. The summed E-state index contributed by atoms with van der Waals surface area (Å²) in [6, 6.07) is 0. The SMILES string of the molecule is C[C@H](CCB(O)O)CNC(=O)CNC(=O)C[C@H]1O[C@@H]2O[C@@]3(C)CC[C@H]4[C@H](C)CC[C@@H]([C@H]1C)[C@@]24OO3. The van der Waals surface area contributed by atoms with Crippen molar-refractivity contribution in [3.8, 4) is 0 Å². The van der Waals surface area contributed by atoms with Crippen LogP contribution in [0.3, 0.4) is 0 Å². The average Bonchev–Trinajstić information content (AvgIpc) is 3.04. The van der Waals surface area contributed by atoms with E-state index in [1.54, 1.807) is 0 Å². The maximum atomic E-state index is 12.7. The van der Waals surface area contributed by atoms with Crippen molar-refractivity contribution in [2.24, 2.45) is 29.6 Å². The van der Waals surface area contributed by atoms with E-state index in [-0.39, 0.29) is 60.9 Å². The molecule has 11 heteroatoms. The van der Waals surface area contributed by atoms with Gasteiger partial charge in [0.1, 0.15) is 0 Å². The van der Waals surface area contributed by atoms with E-state index in [2.05, 4.69) is 24.5 Å². The molecular weight excluding hydrogens is 455 g/mol. The predicted octanol–water partition coefficient (Wildman–Crippen LogP) is 1.36. The van der Waals surface area contributed by atoms with Gasteiger partial charge in [0.25, 0.3) is 0 Å². The Balaban J connectivity index is 1.31. The fourth-order valence-corrected chi connectivity index (χ4v) is 6.53. The summed E-state index contributed by atoms with van der Waals surface area (Å²) in [5.41, 5.74) is -0.650. The van der Waals surface area contributed by atoms with Gasteiger partial charge in [-0.15, -0.1) is 0 Å². The van der Waals surface area contributed by atoms with E-state index >= 15 is 0 Å². The molecule has 5 aliphatic rings. The third kappa shape index (κ3) is 5.55. The van der Waals surface area contributed by atoms with E-state index in [9.17, 15) is 9.59 Å². The second kappa shape index (κ2) is 10.6. The lowest BCUT2D eigenvalue weighted by Crippen LogP contribution is -2.70. The maximum Gasteiger partial charge on any atom is 0.451 e. The van der Waals surface area contributed by atoms with E-state index in [1.807, 2.05) is 13.8 Å². The van der Waals surface area contributed by atoms with E-state index in [0.29, 0.717) is 18.9 Å². The zero-order chi connectivity index (χ0) is 25.4. The van der Waals surface area contributed by atoms with E-state index in [0.717, 1.165) is 25.7 Å². The third-order valence-electron chi connectivity index (χ3n) is 8.69. The van der Waals surface area contributed by atoms with Gasteiger partial charge in [-0.3, -0.25) is 9.59 Å². The first-order valence-corrected chi connectivity index (χ1v) is 13.1. The highest BCUT2D eigenvalue weighted by atomic mass is 17.3. The van der Waals surface area contributed by atoms with Gasteiger partial charge in [-0.2, -0.15) is 0 Å². The lowest BCUT2D eigenvalue weighted by molar-refractivity contribution is -0.570. The van der Waals surface area contributed by atoms with Crippen molar-refractivity contribution in [3.63, 3.8) is 0 Å². The van der Waals surface area contributed by atoms with Gasteiger partial charge in [-0.25, -0.2) is 9.78 Å². The molecule has 1 spiro atoms. The Morgan fingerprint density at radius 2 is 1.86 bits per heavy atom. The molecule has 5 fully saturated rings. The van der Waals surface area contributed by atoms with E-state index in [1.165, 1.54) is 0 Å². The molecule has 35 heavy (non-hydrogen) atoms. The van der Waals surface area contributed by atoms with Gasteiger partial charge in [-0.05, 0) is 56.2 Å². The van der Waals surface area contributed by atoms with Crippen LogP contribution in [-0.2, 0) is 28.8 Å². The monoisotopic (exact) mass is 496 g/mol. The highest BCUT2D eigenvalue weighted by molar-refractivity contribution is 6.40. The Hall–Kier alpha value is -1.24. The Morgan fingerprint density at radius 3 is 2.60 bits per heavy atom. The third-order valence-corrected chi connectivity index (χ3v) is 8.69. The van der Waals surface area contributed by atoms with Crippen LogP contribution in [0.1, 0.15) is 66.2 Å². The first-order chi connectivity index (χ1) is 16.5. The van der Waals surface area contributed by atoms with E-state index in [4.69, 9.17) is 29.3 Å². The molecule has 1 aliphatic carbocycles. The second-order valence-corrected chi connectivity index (χ2v) is 11.4. The molecule has 2 bridgehead atoms. The van der Waals surface area contributed by atoms with Gasteiger partial charge < -0.3 is 30.2 Å². The Labute approximate surface area is 207 Å². The molecule has 0 aromatic carbocycles. The summed E-state index contributed by atoms with van der Waals surface area (Å²) in [4.78, 5) is 36.9. The number of amides is 2. The topological polar surface area (TPSA) is 136 Å². The smallest absolute Gasteiger partial charge is 0.427 e. The first-order valence-electron chi connectivity index (χ1n) is 13.1. The van der Waals surface area contributed by atoms with Crippen LogP contribution in [0.5, 0.6) is 0 Å². The van der Waals surface area contributed by atoms with Crippen LogP contribution in [0.4, 0.5) is 0 Å². The number of ether oxygens (including phenoxy) is 2. The molecule has 10 nitrogen and oxygen atoms in total. The average molecular weight is 496 g/mol. The molecule has 1 saturated carbocycles. The number of fused-ring (bicyclic) bond motifs is 2. The molecule has 9 atom stereocenters. The second-order valence-electron chi connectivity index (χ2n) is 11.4. The van der Waals surface area contributed by atoms with Crippen LogP contribution >= 0.6 is 0 Å². The summed E-state index contributed by atoms with van der Waals surface area (Å²) in [6.45, 7) is 8.48. The highest BCUT2D eigenvalue weighted by Crippen LogP contribution is 2.60. The van der Waals surface area contributed by atoms with Crippen molar-refractivity contribution in [1.29, 1.82) is 0 Å². The molecule has 4 N–H and O–H groups in total. The van der Waals surface area contributed by atoms with Crippen molar-refractivity contribution in [3.05, 3.63) is 0 Å². The zero-order valence-corrected chi connectivity index (χ0v) is 21.3. The van der Waals surface area contributed by atoms with Crippen LogP contribution < -0.4 is 10.6 Å². The molecule has 0 aromatic rings. The maximum absolute atomic E-state index is 12.7. The zero-order valence-electron chi connectivity index (χ0n) is 21.3. The van der Waals surface area contributed by atoms with Gasteiger partial charge >= 0.3 is 7.12 Å². The summed E-state index contributed by atoms with van der Waals surface area (Å²) < 4.78 is 12.8. The van der Waals surface area contributed by atoms with Crippen molar-refractivity contribution in [1.82, 2.24) is 10.6 Å². The molecule has 0 aromatic heterocycles. The number of rotatable bonds is 9. The van der Waals surface area contributed by atoms with E-state index < -0.39 is 24.8 Å². The Bertz CT molecular complexity index is 787. The summed E-state index contributed by atoms with van der Waals surface area (Å²) in [5, 5.41) is 23.4. The van der Waals surface area contributed by atoms with Gasteiger partial charge in [0.2, 0.25) is 17.6 Å². The van der Waals surface area contributed by atoms with Crippen LogP contribution in [0, 0.1) is 29.6 Å². The fourth-order valence-electron chi connectivity index (χ4n) is 6.53. The highest BCUT2D eigenvalue weighted by Gasteiger charge is 2.69. The Morgan fingerprint density at radius 1 is 1.09 bits per heavy atom. The first kappa shape index (κ1) is 26.8. The van der Waals surface area contributed by atoms with Gasteiger partial charge in [0.05, 0.1) is 19.1 Å². The number of carbonyl (C=O) groups excluding carboxylic acids is 2. The largest absolute Gasteiger partial charge is 0.451 e. The lowest BCUT2D eigenvalue weighted by Gasteiger charge is -2.60. The minimum atomic E-state index is -1.34. The molecule has 4 aliphatic heterocycles. The fraction of sp³-hybridized carbons (Fsp3) is 0.917. The molecule has 5 rings (SSSR count). The Kier molecular flexibility index (Phi) is 8.15. The van der Waals surface area contributed by atoms with Crippen LogP contribution in [-0.4, -0.2) is 65.9 Å². The summed E-state index contributed by atoms with van der Waals surface area (Å²) >= 11 is 0. The summed E-state index contributed by atoms with van der Waals surface area (Å²) in [5.74, 6) is -0.291. The van der Waals surface area contributed by atoms with Crippen LogP contribution in [0.15, 0.2) is 0 Å². The molecule has 0 unspecified atom stereocenters. The molecule has 2 amide bonds. The van der Waals surface area contributed by atoms with Gasteiger partial charge in [0, 0.05) is 18.9 Å². The quantitative estimate of drug-likeness (QED) is 0.278. The summed E-state index contributed by atoms with van der Waals surface area (Å²) in [7, 11) is -1.34. The molecule has 198 valence electrons. The van der Waals surface area contributed by atoms with Gasteiger partial charge in [-0.1, -0.05) is 27.2 Å². The van der Waals surface area contributed by atoms with Crippen molar-refractivity contribution in [2.75, 3.05) is 13.1 Å². The predicted molar refractivity (Wildman–Crippen MR) is 126 cm³/mol. The molecular formula is C24H41BN2O8. The van der Waals surface area contributed by atoms with Crippen molar-refractivity contribution in [2.45, 2.75) is 96.3 Å². The van der Waals surface area contributed by atoms with Crippen molar-refractivity contribution >= 4 is 18.9 Å². The molecule has 4 heterocycles. The lowest BCUT2D eigenvalue weighted by atomic mass is 9.57. The number of hydrogen-bond acceptors (Lipinski definition) is 8. The standard InChI is InChI=1S/C24H41BN2O8/c1-14(8-10-25(30)31)12-26-21(29)13-27-20(28)11-19-16(3)18-6-5-15(2)17-7-9-23(4)33-22(32-19)24(17,18)35-34-23/h14-19,22,30-31H,5-13H2,1-4H3,(H,26,29)(H,27,28)/t14-,15-,16-,17+,18+,19-,22-,23-,24-/m1/s1. The minimum absolute atomic E-state index is 0.0678. The number of carbonyl (C=O) groups is 2. The number of hydrogen-bond donors (Lipinski definition) is 4. The normalized spacial score (nSPS) is 40.9. The van der Waals surface area contributed by atoms with Crippen molar-refractivity contribution < 1.29 is 38.9 Å². The molecule has 0 radical (unpaired) electrons. The summed E-state index contributed by atoms with van der Waals surface area (Å²) in [6.07, 6.45) is 3.82. The van der Waals surface area contributed by atoms with Gasteiger partial charge in [0.15, 0.2) is 11.9 Å². The minimum Gasteiger partial charge on any atom is -0.427 e. The number of nitrogens with one attached hydrogen (secondary N) is 2.